The molecular formula is C10H22N2OS. The van der Waals surface area contributed by atoms with Crippen LogP contribution in [0.2, 0.25) is 0 Å². The Morgan fingerprint density at radius 2 is 2.36 bits per heavy atom. The zero-order valence-electron chi connectivity index (χ0n) is 9.29. The molecule has 1 saturated heterocycles. The van der Waals surface area contributed by atoms with Crippen LogP contribution in [0, 0.1) is 0 Å². The molecule has 1 aliphatic rings. The minimum Gasteiger partial charge on any atom is -0.314 e. The van der Waals surface area contributed by atoms with Crippen LogP contribution in [0.4, 0.5) is 0 Å². The van der Waals surface area contributed by atoms with Crippen molar-refractivity contribution < 1.29 is 4.21 Å². The van der Waals surface area contributed by atoms with E-state index < -0.39 is 10.8 Å². The molecule has 0 amide bonds. The third-order valence-corrected chi connectivity index (χ3v) is 3.68. The topological polar surface area (TPSA) is 32.3 Å². The van der Waals surface area contributed by atoms with Crippen molar-refractivity contribution >= 4 is 10.8 Å². The summed E-state index contributed by atoms with van der Waals surface area (Å²) in [5.74, 6) is 0.848. The Balaban J connectivity index is 2.22. The monoisotopic (exact) mass is 218 g/mol. The maximum atomic E-state index is 10.9. The van der Waals surface area contributed by atoms with Crippen molar-refractivity contribution in [3.8, 4) is 0 Å². The summed E-state index contributed by atoms with van der Waals surface area (Å²) in [5, 5.41) is 3.41. The van der Waals surface area contributed by atoms with E-state index in [4.69, 9.17) is 0 Å². The number of piperazine rings is 1. The van der Waals surface area contributed by atoms with Crippen LogP contribution in [0.25, 0.3) is 0 Å². The Bertz CT molecular complexity index is 187. The summed E-state index contributed by atoms with van der Waals surface area (Å²) in [6.45, 7) is 6.72. The van der Waals surface area contributed by atoms with Crippen molar-refractivity contribution in [3.05, 3.63) is 0 Å². The van der Waals surface area contributed by atoms with Crippen LogP contribution in [-0.4, -0.2) is 53.3 Å². The molecule has 0 aromatic rings. The fraction of sp³-hybridized carbons (Fsp3) is 1.00. The van der Waals surface area contributed by atoms with E-state index >= 15 is 0 Å². The molecule has 0 spiro atoms. The smallest absolute Gasteiger partial charge is 0.0244 e. The summed E-state index contributed by atoms with van der Waals surface area (Å²) in [6, 6.07) is 0.689. The molecule has 1 N–H and O–H groups in total. The number of hydrogen-bond acceptors (Lipinski definition) is 3. The summed E-state index contributed by atoms with van der Waals surface area (Å²) in [5.41, 5.74) is 0. The lowest BCUT2D eigenvalue weighted by Gasteiger charge is -2.35. The molecule has 0 aromatic carbocycles. The highest BCUT2D eigenvalue weighted by Crippen LogP contribution is 2.07. The fourth-order valence-electron chi connectivity index (χ4n) is 1.97. The number of nitrogens with zero attached hydrogens (tertiary/aromatic N) is 1. The number of rotatable bonds is 5. The highest BCUT2D eigenvalue weighted by Gasteiger charge is 2.19. The molecule has 4 heteroatoms. The third kappa shape index (κ3) is 4.07. The van der Waals surface area contributed by atoms with E-state index in [-0.39, 0.29) is 0 Å². The van der Waals surface area contributed by atoms with Gasteiger partial charge in [-0.2, -0.15) is 0 Å². The lowest BCUT2D eigenvalue weighted by Crippen LogP contribution is -2.51. The normalized spacial score (nSPS) is 26.3. The van der Waals surface area contributed by atoms with Crippen molar-refractivity contribution in [3.63, 3.8) is 0 Å². The molecular weight excluding hydrogens is 196 g/mol. The molecule has 1 aliphatic heterocycles. The van der Waals surface area contributed by atoms with Gasteiger partial charge in [-0.3, -0.25) is 9.11 Å². The second-order valence-corrected chi connectivity index (χ2v) is 5.49. The van der Waals surface area contributed by atoms with Crippen LogP contribution in [0.15, 0.2) is 0 Å². The van der Waals surface area contributed by atoms with Crippen LogP contribution in [0.1, 0.15) is 19.8 Å². The molecule has 84 valence electrons. The maximum Gasteiger partial charge on any atom is 0.0244 e. The van der Waals surface area contributed by atoms with Gasteiger partial charge < -0.3 is 5.32 Å². The van der Waals surface area contributed by atoms with Crippen LogP contribution in [0.5, 0.6) is 0 Å². The standard InChI is InChI=1S/C10H22N2OS/c1-3-10-9-11-5-7-12(10)6-4-8-14(2)13/h10-11H,3-9H2,1-2H3. The van der Waals surface area contributed by atoms with Crippen molar-refractivity contribution in [2.45, 2.75) is 25.8 Å². The Labute approximate surface area is 89.7 Å². The minimum atomic E-state index is -0.625. The zero-order chi connectivity index (χ0) is 10.4. The largest absolute Gasteiger partial charge is 0.314 e. The van der Waals surface area contributed by atoms with Gasteiger partial charge in [-0.05, 0) is 19.4 Å². The van der Waals surface area contributed by atoms with E-state index in [1.54, 1.807) is 6.26 Å². The Morgan fingerprint density at radius 1 is 1.57 bits per heavy atom. The molecule has 1 heterocycles. The van der Waals surface area contributed by atoms with Gasteiger partial charge in [0, 0.05) is 48.5 Å². The molecule has 14 heavy (non-hydrogen) atoms. The first kappa shape index (κ1) is 12.1. The summed E-state index contributed by atoms with van der Waals surface area (Å²) in [7, 11) is -0.625. The van der Waals surface area contributed by atoms with Crippen molar-refractivity contribution in [2.75, 3.05) is 38.2 Å². The maximum absolute atomic E-state index is 10.9. The van der Waals surface area contributed by atoms with Crippen LogP contribution < -0.4 is 5.32 Å². The molecule has 2 unspecified atom stereocenters. The lowest BCUT2D eigenvalue weighted by molar-refractivity contribution is 0.158. The highest BCUT2D eigenvalue weighted by molar-refractivity contribution is 7.84. The molecule has 1 rings (SSSR count). The average Bonchev–Trinajstić information content (AvgIpc) is 2.18. The van der Waals surface area contributed by atoms with Crippen molar-refractivity contribution in [1.82, 2.24) is 10.2 Å². The van der Waals surface area contributed by atoms with Gasteiger partial charge in [-0.1, -0.05) is 6.92 Å². The summed E-state index contributed by atoms with van der Waals surface area (Å²) < 4.78 is 10.9. The molecule has 0 aliphatic carbocycles. The van der Waals surface area contributed by atoms with Crippen molar-refractivity contribution in [1.29, 1.82) is 0 Å². The van der Waals surface area contributed by atoms with Gasteiger partial charge in [0.15, 0.2) is 0 Å². The molecule has 3 nitrogen and oxygen atoms in total. The van der Waals surface area contributed by atoms with E-state index in [9.17, 15) is 4.21 Å². The molecule has 0 saturated carbocycles. The molecule has 0 aromatic heterocycles. The second kappa shape index (κ2) is 6.53. The molecule has 1 fully saturated rings. The average molecular weight is 218 g/mol. The SMILES string of the molecule is CCC1CNCCN1CCCS(C)=O. The van der Waals surface area contributed by atoms with E-state index in [2.05, 4.69) is 17.1 Å². The van der Waals surface area contributed by atoms with Crippen LogP contribution >= 0.6 is 0 Å². The fourth-order valence-corrected chi connectivity index (χ4v) is 2.51. The predicted molar refractivity (Wildman–Crippen MR) is 62.1 cm³/mol. The quantitative estimate of drug-likeness (QED) is 0.727. The van der Waals surface area contributed by atoms with Gasteiger partial charge in [0.1, 0.15) is 0 Å². The summed E-state index contributed by atoms with van der Waals surface area (Å²) >= 11 is 0. The van der Waals surface area contributed by atoms with E-state index in [1.807, 2.05) is 0 Å². The summed E-state index contributed by atoms with van der Waals surface area (Å²) in [4.78, 5) is 2.53. The number of nitrogens with one attached hydrogen (secondary N) is 1. The highest BCUT2D eigenvalue weighted by atomic mass is 32.2. The Hall–Kier alpha value is 0.0700. The van der Waals surface area contributed by atoms with E-state index in [0.29, 0.717) is 6.04 Å². The molecule has 0 radical (unpaired) electrons. The number of hydrogen-bond donors (Lipinski definition) is 1. The first-order valence-corrected chi connectivity index (χ1v) is 7.21. The lowest BCUT2D eigenvalue weighted by atomic mass is 10.1. The van der Waals surface area contributed by atoms with Gasteiger partial charge in [0.05, 0.1) is 0 Å². The third-order valence-electron chi connectivity index (χ3n) is 2.82. The van der Waals surface area contributed by atoms with E-state index in [0.717, 1.165) is 38.4 Å². The van der Waals surface area contributed by atoms with Crippen molar-refractivity contribution in [2.24, 2.45) is 0 Å². The van der Waals surface area contributed by atoms with Crippen LogP contribution in [-0.2, 0) is 10.8 Å². The van der Waals surface area contributed by atoms with Crippen LogP contribution in [0.3, 0.4) is 0 Å². The summed E-state index contributed by atoms with van der Waals surface area (Å²) in [6.07, 6.45) is 4.07. The van der Waals surface area contributed by atoms with Gasteiger partial charge in [0.25, 0.3) is 0 Å². The van der Waals surface area contributed by atoms with Gasteiger partial charge in [-0.25, -0.2) is 0 Å². The van der Waals surface area contributed by atoms with Gasteiger partial charge in [-0.15, -0.1) is 0 Å². The van der Waals surface area contributed by atoms with Gasteiger partial charge in [0.2, 0.25) is 0 Å². The molecule has 0 bridgehead atoms. The van der Waals surface area contributed by atoms with E-state index in [1.165, 1.54) is 6.42 Å². The second-order valence-electron chi connectivity index (χ2n) is 3.93. The molecule has 2 atom stereocenters. The minimum absolute atomic E-state index is 0.625. The first-order chi connectivity index (χ1) is 6.74. The zero-order valence-corrected chi connectivity index (χ0v) is 10.1. The Kier molecular flexibility index (Phi) is 5.67. The predicted octanol–water partition coefficient (Wildman–Crippen LogP) is 0.439. The first-order valence-electron chi connectivity index (χ1n) is 5.48. The Morgan fingerprint density at radius 3 is 3.00 bits per heavy atom. The van der Waals surface area contributed by atoms with Gasteiger partial charge >= 0.3 is 0 Å².